The van der Waals surface area contributed by atoms with E-state index in [0.717, 1.165) is 17.8 Å². The molecule has 182 valence electrons. The first-order valence-electron chi connectivity index (χ1n) is 11.1. The Hall–Kier alpha value is -3.96. The topological polar surface area (TPSA) is 85.2 Å². The van der Waals surface area contributed by atoms with Crippen LogP contribution in [0.1, 0.15) is 28.5 Å². The van der Waals surface area contributed by atoms with Crippen molar-refractivity contribution in [2.45, 2.75) is 12.5 Å². The number of rotatable bonds is 3. The normalized spacial score (nSPS) is 19.9. The summed E-state index contributed by atoms with van der Waals surface area (Å²) in [5, 5.41) is 5.36. The molecule has 0 spiro atoms. The summed E-state index contributed by atoms with van der Waals surface area (Å²) in [6.45, 7) is 5.82. The molecule has 4 heterocycles. The standard InChI is InChI=1S/C23H22F3N7O2/c1-14-12-32(13-14)21(34)20-18(26)11-27-22(29-20)30-4-6-31(7-5-30)23(35)33-19(2-3-28-33)15-8-16(24)10-17(25)9-15/h3,8-11,19H,1-2,4-7,12-13H2/t19-/m0/s1. The second-order valence-corrected chi connectivity index (χ2v) is 8.63. The first-order chi connectivity index (χ1) is 16.8. The number of benzene rings is 1. The molecular formula is C23H22F3N7O2. The van der Waals surface area contributed by atoms with Crippen LogP contribution >= 0.6 is 0 Å². The van der Waals surface area contributed by atoms with E-state index in [0.29, 0.717) is 51.3 Å². The van der Waals surface area contributed by atoms with Crippen molar-refractivity contribution in [1.82, 2.24) is 24.8 Å². The molecule has 0 N–H and O–H groups in total. The Morgan fingerprint density at radius 1 is 0.971 bits per heavy atom. The van der Waals surface area contributed by atoms with Crippen LogP contribution < -0.4 is 4.90 Å². The molecule has 1 atom stereocenters. The molecule has 1 aromatic heterocycles. The lowest BCUT2D eigenvalue weighted by Gasteiger charge is -2.37. The first-order valence-corrected chi connectivity index (χ1v) is 11.1. The molecular weight excluding hydrogens is 463 g/mol. The minimum Gasteiger partial charge on any atom is -0.337 e. The smallest absolute Gasteiger partial charge is 0.337 e. The van der Waals surface area contributed by atoms with Crippen molar-refractivity contribution in [3.63, 3.8) is 0 Å². The van der Waals surface area contributed by atoms with Gasteiger partial charge in [0.1, 0.15) is 11.6 Å². The molecule has 0 bridgehead atoms. The van der Waals surface area contributed by atoms with Crippen molar-refractivity contribution in [3.05, 3.63) is 65.3 Å². The van der Waals surface area contributed by atoms with E-state index in [-0.39, 0.29) is 17.7 Å². The number of urea groups is 1. The van der Waals surface area contributed by atoms with Gasteiger partial charge in [-0.05, 0) is 23.3 Å². The molecule has 2 fully saturated rings. The second kappa shape index (κ2) is 9.01. The Morgan fingerprint density at radius 2 is 1.66 bits per heavy atom. The summed E-state index contributed by atoms with van der Waals surface area (Å²) in [7, 11) is 0. The largest absolute Gasteiger partial charge is 0.341 e. The van der Waals surface area contributed by atoms with Gasteiger partial charge in [0.25, 0.3) is 5.91 Å². The summed E-state index contributed by atoms with van der Waals surface area (Å²) in [6, 6.07) is 2.18. The van der Waals surface area contributed by atoms with Crippen molar-refractivity contribution < 1.29 is 22.8 Å². The highest BCUT2D eigenvalue weighted by Gasteiger charge is 2.34. The number of carbonyl (C=O) groups is 2. The maximum atomic E-state index is 14.2. The third-order valence-electron chi connectivity index (χ3n) is 6.18. The van der Waals surface area contributed by atoms with Crippen LogP contribution in [0.2, 0.25) is 0 Å². The molecule has 12 heteroatoms. The highest BCUT2D eigenvalue weighted by atomic mass is 19.1. The van der Waals surface area contributed by atoms with Crippen molar-refractivity contribution in [2.24, 2.45) is 5.10 Å². The number of aromatic nitrogens is 2. The zero-order valence-electron chi connectivity index (χ0n) is 18.7. The van der Waals surface area contributed by atoms with E-state index in [9.17, 15) is 22.8 Å². The summed E-state index contributed by atoms with van der Waals surface area (Å²) in [5.74, 6) is -2.54. The Morgan fingerprint density at radius 3 is 2.31 bits per heavy atom. The average molecular weight is 485 g/mol. The molecule has 5 rings (SSSR count). The molecule has 3 aliphatic rings. The fourth-order valence-electron chi connectivity index (χ4n) is 4.33. The van der Waals surface area contributed by atoms with E-state index in [4.69, 9.17) is 0 Å². The van der Waals surface area contributed by atoms with Gasteiger partial charge < -0.3 is 14.7 Å². The summed E-state index contributed by atoms with van der Waals surface area (Å²) in [4.78, 5) is 38.6. The van der Waals surface area contributed by atoms with Crippen molar-refractivity contribution in [1.29, 1.82) is 0 Å². The van der Waals surface area contributed by atoms with E-state index in [1.807, 2.05) is 0 Å². The number of carbonyl (C=O) groups excluding carboxylic acids is 2. The van der Waals surface area contributed by atoms with Gasteiger partial charge in [-0.3, -0.25) is 4.79 Å². The van der Waals surface area contributed by atoms with Crippen LogP contribution in [0.3, 0.4) is 0 Å². The molecule has 35 heavy (non-hydrogen) atoms. The Labute approximate surface area is 199 Å². The maximum Gasteiger partial charge on any atom is 0.341 e. The number of anilines is 1. The van der Waals surface area contributed by atoms with Gasteiger partial charge in [-0.2, -0.15) is 5.10 Å². The van der Waals surface area contributed by atoms with E-state index in [1.165, 1.54) is 22.0 Å². The van der Waals surface area contributed by atoms with Crippen LogP contribution in [0.4, 0.5) is 23.9 Å². The lowest BCUT2D eigenvalue weighted by atomic mass is 10.0. The Kier molecular flexibility index (Phi) is 5.87. The molecule has 2 saturated heterocycles. The van der Waals surface area contributed by atoms with Gasteiger partial charge in [0.2, 0.25) is 5.95 Å². The molecule has 0 saturated carbocycles. The van der Waals surface area contributed by atoms with Gasteiger partial charge in [-0.25, -0.2) is 32.9 Å². The first kappa shape index (κ1) is 22.8. The van der Waals surface area contributed by atoms with Gasteiger partial charge in [0.05, 0.1) is 12.2 Å². The van der Waals surface area contributed by atoms with Crippen molar-refractivity contribution >= 4 is 24.1 Å². The number of hydrogen-bond acceptors (Lipinski definition) is 6. The molecule has 2 aromatic rings. The van der Waals surface area contributed by atoms with Gasteiger partial charge in [-0.1, -0.05) is 6.58 Å². The molecule has 0 unspecified atom stereocenters. The van der Waals surface area contributed by atoms with Crippen LogP contribution in [0.15, 0.2) is 41.6 Å². The average Bonchev–Trinajstić information content (AvgIpc) is 3.31. The minimum absolute atomic E-state index is 0.202. The van der Waals surface area contributed by atoms with Crippen molar-refractivity contribution in [3.8, 4) is 0 Å². The number of piperazine rings is 1. The van der Waals surface area contributed by atoms with Crippen LogP contribution in [0, 0.1) is 17.5 Å². The highest BCUT2D eigenvalue weighted by Crippen LogP contribution is 2.30. The number of hydrogen-bond donors (Lipinski definition) is 0. The lowest BCUT2D eigenvalue weighted by Crippen LogP contribution is -2.52. The summed E-state index contributed by atoms with van der Waals surface area (Å²) >= 11 is 0. The second-order valence-electron chi connectivity index (χ2n) is 8.63. The van der Waals surface area contributed by atoms with E-state index < -0.39 is 29.4 Å². The number of halogens is 3. The SMILES string of the molecule is C=C1CN(C(=O)c2nc(N3CCN(C(=O)N4N=CC[C@H]4c4cc(F)cc(F)c4)CC3)ncc2F)C1. The van der Waals surface area contributed by atoms with E-state index in [1.54, 1.807) is 16.0 Å². The van der Waals surface area contributed by atoms with E-state index >= 15 is 0 Å². The molecule has 0 radical (unpaired) electrons. The third kappa shape index (κ3) is 4.43. The van der Waals surface area contributed by atoms with Gasteiger partial charge in [0.15, 0.2) is 11.5 Å². The predicted molar refractivity (Wildman–Crippen MR) is 120 cm³/mol. The van der Waals surface area contributed by atoms with Crippen LogP contribution in [-0.4, -0.2) is 82.2 Å². The fourth-order valence-corrected chi connectivity index (χ4v) is 4.33. The van der Waals surface area contributed by atoms with Gasteiger partial charge >= 0.3 is 6.03 Å². The quantitative estimate of drug-likeness (QED) is 0.624. The lowest BCUT2D eigenvalue weighted by molar-refractivity contribution is 0.0716. The van der Waals surface area contributed by atoms with Crippen LogP contribution in [-0.2, 0) is 0 Å². The van der Waals surface area contributed by atoms with Crippen molar-refractivity contribution in [2.75, 3.05) is 44.2 Å². The molecule has 0 aliphatic carbocycles. The highest BCUT2D eigenvalue weighted by molar-refractivity contribution is 5.94. The zero-order chi connectivity index (χ0) is 24.7. The minimum atomic E-state index is -0.795. The van der Waals surface area contributed by atoms with Gasteiger partial charge in [0, 0.05) is 58.0 Å². The maximum absolute atomic E-state index is 14.2. The predicted octanol–water partition coefficient (Wildman–Crippen LogP) is 2.58. The van der Waals surface area contributed by atoms with Crippen LogP contribution in [0.25, 0.3) is 0 Å². The Balaban J connectivity index is 1.24. The summed E-state index contributed by atoms with van der Waals surface area (Å²) in [5.41, 5.74) is 0.924. The molecule has 3 amide bonds. The number of hydrazone groups is 1. The fraction of sp³-hybridized carbons (Fsp3) is 0.348. The zero-order valence-corrected chi connectivity index (χ0v) is 18.7. The molecule has 9 nitrogen and oxygen atoms in total. The summed E-state index contributed by atoms with van der Waals surface area (Å²) < 4.78 is 41.6. The molecule has 1 aromatic carbocycles. The third-order valence-corrected chi connectivity index (χ3v) is 6.18. The van der Waals surface area contributed by atoms with Gasteiger partial charge in [-0.15, -0.1) is 0 Å². The van der Waals surface area contributed by atoms with Crippen LogP contribution in [0.5, 0.6) is 0 Å². The summed E-state index contributed by atoms with van der Waals surface area (Å²) in [6.07, 6.45) is 2.86. The number of likely N-dealkylation sites (tertiary alicyclic amines) is 1. The monoisotopic (exact) mass is 485 g/mol. The molecule has 3 aliphatic heterocycles. The number of amides is 3. The Bertz CT molecular complexity index is 1200. The van der Waals surface area contributed by atoms with E-state index in [2.05, 4.69) is 21.6 Å². The number of nitrogens with zero attached hydrogens (tertiary/aromatic N) is 7.